The highest BCUT2D eigenvalue weighted by Crippen LogP contribution is 2.24. The number of anilines is 2. The summed E-state index contributed by atoms with van der Waals surface area (Å²) < 4.78 is 22.1. The van der Waals surface area contributed by atoms with Gasteiger partial charge in [-0.2, -0.15) is 5.10 Å². The van der Waals surface area contributed by atoms with Gasteiger partial charge in [0.1, 0.15) is 17.7 Å². The topological polar surface area (TPSA) is 94.0 Å². The average Bonchev–Trinajstić information content (AvgIpc) is 3.17. The van der Waals surface area contributed by atoms with Gasteiger partial charge in [-0.25, -0.2) is 14.4 Å². The molecule has 3 rings (SSSR count). The third-order valence-electron chi connectivity index (χ3n) is 3.87. The summed E-state index contributed by atoms with van der Waals surface area (Å²) in [6, 6.07) is 5.97. The fraction of sp³-hybridized carbons (Fsp3) is 0.333. The number of nitrogens with one attached hydrogen (secondary N) is 2. The van der Waals surface area contributed by atoms with E-state index in [0.29, 0.717) is 17.9 Å². The number of benzene rings is 1. The summed E-state index contributed by atoms with van der Waals surface area (Å²) in [6.07, 6.45) is 6.83. The van der Waals surface area contributed by atoms with Crippen molar-refractivity contribution >= 4 is 29.9 Å². The molecule has 31 heavy (non-hydrogen) atoms. The van der Waals surface area contributed by atoms with E-state index < -0.39 is 6.10 Å². The van der Waals surface area contributed by atoms with Crippen molar-refractivity contribution in [2.24, 2.45) is 7.05 Å². The molecule has 1 unspecified atom stereocenters. The predicted molar refractivity (Wildman–Crippen MR) is 124 cm³/mol. The molecule has 0 aliphatic heterocycles. The monoisotopic (exact) mass is 448 g/mol. The van der Waals surface area contributed by atoms with Crippen LogP contribution in [-0.2, 0) is 16.6 Å². The highest BCUT2D eigenvalue weighted by Gasteiger charge is 2.11. The fourth-order valence-electron chi connectivity index (χ4n) is 2.46. The molecule has 3 aromatic rings. The lowest BCUT2D eigenvalue weighted by atomic mass is 10.1. The summed E-state index contributed by atoms with van der Waals surface area (Å²) in [5.74, 6) is 1.23. The lowest BCUT2D eigenvalue weighted by Gasteiger charge is -2.08. The fourth-order valence-corrected chi connectivity index (χ4v) is 2.80. The standard InChI is InChI=1S/C10H14N6S.C9H9FO2.C2H6/c1-11-10-8(6-14-16(10)2)9-12-4-7(5-13-9)15-17-3;1-7(12-6-11)8-3-2-4-9(10)5-8;1-2/h4-6,11,15H,1-3H3;2-7H,1H3;1-2H3. The Kier molecular flexibility index (Phi) is 11.7. The number of halogens is 1. The molecule has 0 aliphatic carbocycles. The van der Waals surface area contributed by atoms with E-state index in [2.05, 4.69) is 29.8 Å². The second kappa shape index (κ2) is 14.0. The van der Waals surface area contributed by atoms with Crippen molar-refractivity contribution in [1.29, 1.82) is 0 Å². The van der Waals surface area contributed by atoms with E-state index in [9.17, 15) is 9.18 Å². The zero-order chi connectivity index (χ0) is 23.2. The molecule has 10 heteroatoms. The molecule has 168 valence electrons. The lowest BCUT2D eigenvalue weighted by molar-refractivity contribution is -0.133. The van der Waals surface area contributed by atoms with Crippen LogP contribution in [0.1, 0.15) is 32.4 Å². The molecule has 2 aromatic heterocycles. The third kappa shape index (κ3) is 7.89. The van der Waals surface area contributed by atoms with Gasteiger partial charge in [-0.1, -0.05) is 37.9 Å². The molecule has 0 fully saturated rings. The molecule has 1 aromatic carbocycles. The molecule has 8 nitrogen and oxygen atoms in total. The first kappa shape index (κ1) is 25.9. The number of hydrogen-bond acceptors (Lipinski definition) is 8. The van der Waals surface area contributed by atoms with Gasteiger partial charge in [-0.15, -0.1) is 0 Å². The SMILES string of the molecule is CC.CC(OC=O)c1cccc(F)c1.CNc1c(-c2ncc(NSC)cn2)cnn1C. The Labute approximate surface area is 186 Å². The maximum Gasteiger partial charge on any atom is 0.293 e. The van der Waals surface area contributed by atoms with Crippen LogP contribution in [0, 0.1) is 5.82 Å². The molecule has 0 saturated heterocycles. The molecular weight excluding hydrogens is 419 g/mol. The van der Waals surface area contributed by atoms with E-state index >= 15 is 0 Å². The van der Waals surface area contributed by atoms with E-state index in [-0.39, 0.29) is 5.82 Å². The molecule has 0 spiro atoms. The van der Waals surface area contributed by atoms with Crippen molar-refractivity contribution in [2.75, 3.05) is 23.3 Å². The Morgan fingerprint density at radius 1 is 1.23 bits per heavy atom. The van der Waals surface area contributed by atoms with Crippen molar-refractivity contribution in [3.05, 3.63) is 54.2 Å². The first-order valence-corrected chi connectivity index (χ1v) is 10.9. The van der Waals surface area contributed by atoms with Gasteiger partial charge in [-0.3, -0.25) is 9.48 Å². The number of ether oxygens (including phenoxy) is 1. The third-order valence-corrected chi connectivity index (χ3v) is 4.31. The maximum atomic E-state index is 12.6. The van der Waals surface area contributed by atoms with Crippen LogP contribution in [0.2, 0.25) is 0 Å². The van der Waals surface area contributed by atoms with Gasteiger partial charge in [0.2, 0.25) is 0 Å². The van der Waals surface area contributed by atoms with E-state index in [1.165, 1.54) is 24.1 Å². The largest absolute Gasteiger partial charge is 0.460 e. The summed E-state index contributed by atoms with van der Waals surface area (Å²) >= 11 is 1.51. The molecule has 1 atom stereocenters. The number of aromatic nitrogens is 4. The highest BCUT2D eigenvalue weighted by molar-refractivity contribution is 7.99. The van der Waals surface area contributed by atoms with Crippen LogP contribution >= 0.6 is 11.9 Å². The minimum absolute atomic E-state index is 0.325. The van der Waals surface area contributed by atoms with E-state index in [1.807, 2.05) is 34.2 Å². The Balaban J connectivity index is 0.000000303. The van der Waals surface area contributed by atoms with Crippen molar-refractivity contribution in [3.63, 3.8) is 0 Å². The van der Waals surface area contributed by atoms with Crippen LogP contribution in [-0.4, -0.2) is 39.5 Å². The number of carbonyl (C=O) groups is 1. The van der Waals surface area contributed by atoms with Gasteiger partial charge >= 0.3 is 0 Å². The van der Waals surface area contributed by atoms with Crippen LogP contribution in [0.5, 0.6) is 0 Å². The zero-order valence-electron chi connectivity index (χ0n) is 18.6. The highest BCUT2D eigenvalue weighted by atomic mass is 32.2. The average molecular weight is 449 g/mol. The Morgan fingerprint density at radius 3 is 2.45 bits per heavy atom. The molecule has 0 bridgehead atoms. The Hall–Kier alpha value is -3.14. The van der Waals surface area contributed by atoms with E-state index in [1.54, 1.807) is 42.3 Å². The summed E-state index contributed by atoms with van der Waals surface area (Å²) in [6.45, 7) is 6.04. The van der Waals surface area contributed by atoms with Crippen LogP contribution < -0.4 is 10.0 Å². The predicted octanol–water partition coefficient (Wildman–Crippen LogP) is 4.69. The van der Waals surface area contributed by atoms with Gasteiger partial charge < -0.3 is 14.8 Å². The van der Waals surface area contributed by atoms with Crippen LogP contribution in [0.15, 0.2) is 42.9 Å². The minimum Gasteiger partial charge on any atom is -0.460 e. The smallest absolute Gasteiger partial charge is 0.293 e. The maximum absolute atomic E-state index is 12.6. The summed E-state index contributed by atoms with van der Waals surface area (Å²) in [5.41, 5.74) is 2.43. The number of nitrogens with zero attached hydrogens (tertiary/aromatic N) is 4. The molecule has 0 aliphatic rings. The number of aryl methyl sites for hydroxylation is 1. The molecule has 2 N–H and O–H groups in total. The molecular formula is C21H29FN6O2S. The van der Waals surface area contributed by atoms with Gasteiger partial charge in [0.25, 0.3) is 6.47 Å². The van der Waals surface area contributed by atoms with Gasteiger partial charge in [0.05, 0.1) is 29.8 Å². The Bertz CT molecular complexity index is 920. The molecule has 0 saturated carbocycles. The molecule has 0 amide bonds. The lowest BCUT2D eigenvalue weighted by Crippen LogP contribution is -2.00. The number of carbonyl (C=O) groups excluding carboxylic acids is 1. The minimum atomic E-state index is -0.391. The second-order valence-corrected chi connectivity index (χ2v) is 6.42. The van der Waals surface area contributed by atoms with Crippen molar-refractivity contribution in [2.45, 2.75) is 26.9 Å². The quantitative estimate of drug-likeness (QED) is 0.397. The number of hydrogen-bond donors (Lipinski definition) is 2. The Morgan fingerprint density at radius 2 is 1.90 bits per heavy atom. The van der Waals surface area contributed by atoms with Gasteiger partial charge in [0.15, 0.2) is 5.82 Å². The van der Waals surface area contributed by atoms with Gasteiger partial charge in [0, 0.05) is 20.4 Å². The zero-order valence-corrected chi connectivity index (χ0v) is 19.4. The summed E-state index contributed by atoms with van der Waals surface area (Å²) in [5, 5.41) is 7.26. The van der Waals surface area contributed by atoms with Crippen molar-refractivity contribution < 1.29 is 13.9 Å². The first-order chi connectivity index (χ1) is 15.0. The number of rotatable bonds is 7. The van der Waals surface area contributed by atoms with Gasteiger partial charge in [-0.05, 0) is 24.6 Å². The summed E-state index contributed by atoms with van der Waals surface area (Å²) in [7, 11) is 3.73. The first-order valence-electron chi connectivity index (χ1n) is 9.65. The second-order valence-electron chi connectivity index (χ2n) is 5.81. The van der Waals surface area contributed by atoms with Crippen molar-refractivity contribution in [3.8, 4) is 11.4 Å². The van der Waals surface area contributed by atoms with Crippen LogP contribution in [0.3, 0.4) is 0 Å². The van der Waals surface area contributed by atoms with Crippen molar-refractivity contribution in [1.82, 2.24) is 19.7 Å². The van der Waals surface area contributed by atoms with E-state index in [4.69, 9.17) is 0 Å². The van der Waals surface area contributed by atoms with E-state index in [0.717, 1.165) is 17.1 Å². The van der Waals surface area contributed by atoms with Crippen LogP contribution in [0.25, 0.3) is 11.4 Å². The molecule has 0 radical (unpaired) electrons. The molecule has 2 heterocycles. The normalized spacial score (nSPS) is 10.5. The van der Waals surface area contributed by atoms with Crippen LogP contribution in [0.4, 0.5) is 15.9 Å². The summed E-state index contributed by atoms with van der Waals surface area (Å²) in [4.78, 5) is 18.6.